The molecule has 0 amide bonds. The molecule has 0 radical (unpaired) electrons. The summed E-state index contributed by atoms with van der Waals surface area (Å²) in [6.45, 7) is 13.5. The van der Waals surface area contributed by atoms with E-state index in [0.717, 1.165) is 11.1 Å². The Morgan fingerprint density at radius 1 is 1.03 bits per heavy atom. The van der Waals surface area contributed by atoms with E-state index < -0.39 is 18.3 Å². The third-order valence-corrected chi connectivity index (χ3v) is 12.6. The Labute approximate surface area is 190 Å². The van der Waals surface area contributed by atoms with Crippen LogP contribution >= 0.6 is 22.6 Å². The second-order valence-electron chi connectivity index (χ2n) is 8.91. The van der Waals surface area contributed by atoms with Crippen LogP contribution in [-0.2, 0) is 14.4 Å². The third kappa shape index (κ3) is 6.62. The van der Waals surface area contributed by atoms with Gasteiger partial charge in [-0.1, -0.05) is 91.4 Å². The number of halogens is 1. The molecule has 0 aliphatic rings. The number of aryl methyl sites for hydroxylation is 1. The molecule has 0 fully saturated rings. The minimum absolute atomic E-state index is 0.0515. The second kappa shape index (κ2) is 9.59. The first-order chi connectivity index (χ1) is 13.3. The molecule has 0 unspecified atom stereocenters. The van der Waals surface area contributed by atoms with Gasteiger partial charge in [-0.3, -0.25) is 0 Å². The number of alkyl halides is 1. The second-order valence-corrected chi connectivity index (χ2v) is 17.0. The lowest BCUT2D eigenvalue weighted by Crippen LogP contribution is -2.44. The van der Waals surface area contributed by atoms with E-state index in [9.17, 15) is 8.42 Å². The van der Waals surface area contributed by atoms with Gasteiger partial charge in [0.1, 0.15) is 0 Å². The highest BCUT2D eigenvalue weighted by Crippen LogP contribution is 2.37. The Balaban J connectivity index is 2.27. The molecular formula is C22H32INO3SSi. The van der Waals surface area contributed by atoms with Gasteiger partial charge in [-0.15, -0.1) is 0 Å². The number of hydrogen-bond donors (Lipinski definition) is 1. The van der Waals surface area contributed by atoms with Crippen LogP contribution in [0.2, 0.25) is 18.1 Å². The van der Waals surface area contributed by atoms with Crippen LogP contribution in [0.1, 0.15) is 37.9 Å². The number of rotatable bonds is 8. The average Bonchev–Trinajstić information content (AvgIpc) is 2.64. The zero-order valence-corrected chi connectivity index (χ0v) is 22.0. The molecule has 29 heavy (non-hydrogen) atoms. The molecule has 2 atom stereocenters. The maximum absolute atomic E-state index is 13.0. The normalized spacial score (nSPS) is 15.1. The van der Waals surface area contributed by atoms with E-state index in [1.165, 1.54) is 0 Å². The summed E-state index contributed by atoms with van der Waals surface area (Å²) in [5.74, 6) is 0. The van der Waals surface area contributed by atoms with Crippen LogP contribution in [0.4, 0.5) is 0 Å². The van der Waals surface area contributed by atoms with Crippen LogP contribution < -0.4 is 4.72 Å². The van der Waals surface area contributed by atoms with Gasteiger partial charge < -0.3 is 4.43 Å². The van der Waals surface area contributed by atoms with Crippen molar-refractivity contribution in [2.24, 2.45) is 0 Å². The van der Waals surface area contributed by atoms with Crippen molar-refractivity contribution in [3.63, 3.8) is 0 Å². The summed E-state index contributed by atoms with van der Waals surface area (Å²) in [5, 5.41) is 0.104. The smallest absolute Gasteiger partial charge is 0.241 e. The van der Waals surface area contributed by atoms with Gasteiger partial charge in [0.15, 0.2) is 8.32 Å². The lowest BCUT2D eigenvalue weighted by Gasteiger charge is -2.37. The zero-order chi connectivity index (χ0) is 21.9. The molecule has 160 valence electrons. The van der Waals surface area contributed by atoms with Crippen LogP contribution in [0.15, 0.2) is 59.5 Å². The Morgan fingerprint density at radius 3 is 2.10 bits per heavy atom. The quantitative estimate of drug-likeness (QED) is 0.258. The van der Waals surface area contributed by atoms with Crippen LogP contribution in [0.3, 0.4) is 0 Å². The standard InChI is InChI=1S/C22H32INO3SSi/c1-17-12-14-19(15-13-17)28(25,26)24-21(18-10-8-7-9-11-18)20(23)16-27-29(5,6)22(2,3)4/h7-15,20-21,24H,16H2,1-6H3/t20-,21-/m0/s1. The van der Waals surface area contributed by atoms with Crippen molar-refractivity contribution in [2.75, 3.05) is 6.61 Å². The molecule has 2 aromatic carbocycles. The minimum atomic E-state index is -3.65. The van der Waals surface area contributed by atoms with Crippen LogP contribution in [0.25, 0.3) is 0 Å². The molecule has 0 saturated heterocycles. The Bertz CT molecular complexity index is 894. The topological polar surface area (TPSA) is 55.4 Å². The monoisotopic (exact) mass is 545 g/mol. The first-order valence-electron chi connectivity index (χ1n) is 9.75. The third-order valence-electron chi connectivity index (χ3n) is 5.54. The summed E-state index contributed by atoms with van der Waals surface area (Å²) in [5.41, 5.74) is 1.96. The maximum atomic E-state index is 13.0. The van der Waals surface area contributed by atoms with Gasteiger partial charge in [0.05, 0.1) is 14.9 Å². The van der Waals surface area contributed by atoms with E-state index >= 15 is 0 Å². The maximum Gasteiger partial charge on any atom is 0.241 e. The predicted octanol–water partition coefficient (Wildman–Crippen LogP) is 5.84. The van der Waals surface area contributed by atoms with Crippen LogP contribution in [0, 0.1) is 6.92 Å². The molecule has 0 saturated carbocycles. The van der Waals surface area contributed by atoms with Gasteiger partial charge in [-0.05, 0) is 42.8 Å². The SMILES string of the molecule is Cc1ccc(S(=O)(=O)N[C@@H](c2ccccc2)[C@@H](I)CO[Si](C)(C)C(C)(C)C)cc1. The molecule has 0 heterocycles. The van der Waals surface area contributed by atoms with Gasteiger partial charge in [0, 0.05) is 6.61 Å². The molecule has 0 spiro atoms. The average molecular weight is 546 g/mol. The molecule has 2 rings (SSSR count). The number of benzene rings is 2. The Morgan fingerprint density at radius 2 is 1.59 bits per heavy atom. The number of hydrogen-bond acceptors (Lipinski definition) is 3. The molecule has 0 bridgehead atoms. The highest BCUT2D eigenvalue weighted by atomic mass is 127. The lowest BCUT2D eigenvalue weighted by atomic mass is 10.1. The molecule has 4 nitrogen and oxygen atoms in total. The fourth-order valence-electron chi connectivity index (χ4n) is 2.56. The van der Waals surface area contributed by atoms with Crippen molar-refractivity contribution < 1.29 is 12.8 Å². The molecule has 2 aromatic rings. The molecule has 0 aromatic heterocycles. The van der Waals surface area contributed by atoms with Crippen LogP contribution in [0.5, 0.6) is 0 Å². The van der Waals surface area contributed by atoms with Crippen molar-refractivity contribution >= 4 is 40.9 Å². The highest BCUT2D eigenvalue weighted by molar-refractivity contribution is 14.1. The molecule has 7 heteroatoms. The van der Waals surface area contributed by atoms with Crippen molar-refractivity contribution in [3.8, 4) is 0 Å². The zero-order valence-electron chi connectivity index (χ0n) is 18.1. The van der Waals surface area contributed by atoms with Crippen molar-refractivity contribution in [1.29, 1.82) is 0 Å². The number of nitrogens with one attached hydrogen (secondary N) is 1. The summed E-state index contributed by atoms with van der Waals surface area (Å²) in [6, 6.07) is 16.3. The first-order valence-corrected chi connectivity index (χ1v) is 15.4. The lowest BCUT2D eigenvalue weighted by molar-refractivity contribution is 0.279. The number of sulfonamides is 1. The van der Waals surface area contributed by atoms with Gasteiger partial charge in [-0.25, -0.2) is 13.1 Å². The van der Waals surface area contributed by atoms with Gasteiger partial charge >= 0.3 is 0 Å². The van der Waals surface area contributed by atoms with E-state index in [1.54, 1.807) is 12.1 Å². The Kier molecular flexibility index (Phi) is 8.11. The fourth-order valence-corrected chi connectivity index (χ4v) is 6.22. The van der Waals surface area contributed by atoms with Crippen LogP contribution in [-0.4, -0.2) is 27.3 Å². The van der Waals surface area contributed by atoms with E-state index in [2.05, 4.69) is 61.2 Å². The van der Waals surface area contributed by atoms with Gasteiger partial charge in [0.2, 0.25) is 10.0 Å². The summed E-state index contributed by atoms with van der Waals surface area (Å²) in [7, 11) is -5.58. The van der Waals surface area contributed by atoms with Crippen molar-refractivity contribution in [3.05, 3.63) is 65.7 Å². The van der Waals surface area contributed by atoms with Gasteiger partial charge in [0.25, 0.3) is 0 Å². The summed E-state index contributed by atoms with van der Waals surface area (Å²) >= 11 is 2.31. The Hall–Kier alpha value is -0.743. The molecule has 0 aliphatic carbocycles. The summed E-state index contributed by atoms with van der Waals surface area (Å²) in [6.07, 6.45) is 0. The summed E-state index contributed by atoms with van der Waals surface area (Å²) < 4.78 is 35.4. The van der Waals surface area contributed by atoms with E-state index in [1.807, 2.05) is 49.4 Å². The van der Waals surface area contributed by atoms with E-state index in [0.29, 0.717) is 6.61 Å². The molecule has 0 aliphatic heterocycles. The minimum Gasteiger partial charge on any atom is -0.416 e. The van der Waals surface area contributed by atoms with Gasteiger partial charge in [-0.2, -0.15) is 0 Å². The van der Waals surface area contributed by atoms with Crippen molar-refractivity contribution in [1.82, 2.24) is 4.72 Å². The molecule has 1 N–H and O–H groups in total. The van der Waals surface area contributed by atoms with Crippen molar-refractivity contribution in [2.45, 2.75) is 60.7 Å². The fraction of sp³-hybridized carbons (Fsp3) is 0.455. The largest absolute Gasteiger partial charge is 0.416 e. The van der Waals surface area contributed by atoms with E-state index in [-0.39, 0.29) is 19.9 Å². The predicted molar refractivity (Wildman–Crippen MR) is 132 cm³/mol. The van der Waals surface area contributed by atoms with E-state index in [4.69, 9.17) is 4.43 Å². The first kappa shape index (κ1) is 24.5. The highest BCUT2D eigenvalue weighted by Gasteiger charge is 2.38. The summed E-state index contributed by atoms with van der Waals surface area (Å²) in [4.78, 5) is 0.276. The molecular weight excluding hydrogens is 513 g/mol.